The van der Waals surface area contributed by atoms with E-state index >= 15 is 0 Å². The smallest absolute Gasteiger partial charge is 0.338 e. The van der Waals surface area contributed by atoms with Gasteiger partial charge in [-0.2, -0.15) is 0 Å². The number of hydrogen-bond donors (Lipinski definition) is 1. The molecule has 150 valence electrons. The zero-order valence-corrected chi connectivity index (χ0v) is 16.1. The molecule has 0 saturated heterocycles. The van der Waals surface area contributed by atoms with Crippen LogP contribution in [0.25, 0.3) is 0 Å². The summed E-state index contributed by atoms with van der Waals surface area (Å²) in [4.78, 5) is 49.7. The Morgan fingerprint density at radius 1 is 0.966 bits per heavy atom. The summed E-state index contributed by atoms with van der Waals surface area (Å²) in [5.41, 5.74) is 1.79. The van der Waals surface area contributed by atoms with E-state index in [1.165, 1.54) is 4.90 Å². The second-order valence-corrected chi connectivity index (χ2v) is 6.72. The molecular weight excluding hydrogens is 372 g/mol. The molecule has 3 amide bonds. The first kappa shape index (κ1) is 20.3. The number of hydrogen-bond acceptors (Lipinski definition) is 5. The number of imide groups is 1. The third-order valence-electron chi connectivity index (χ3n) is 4.60. The maximum absolute atomic E-state index is 12.4. The van der Waals surface area contributed by atoms with Gasteiger partial charge in [0, 0.05) is 6.54 Å². The van der Waals surface area contributed by atoms with Crippen LogP contribution in [0.1, 0.15) is 56.4 Å². The Labute approximate surface area is 168 Å². The van der Waals surface area contributed by atoms with Crippen LogP contribution in [0.15, 0.2) is 48.5 Å². The largest absolute Gasteiger partial charge is 0.452 e. The van der Waals surface area contributed by atoms with Crippen LogP contribution in [0.2, 0.25) is 0 Å². The lowest BCUT2D eigenvalue weighted by molar-refractivity contribution is -0.124. The number of ether oxygens (including phenoxy) is 1. The first-order valence-corrected chi connectivity index (χ1v) is 9.49. The van der Waals surface area contributed by atoms with Gasteiger partial charge >= 0.3 is 5.97 Å². The fraction of sp³-hybridized carbons (Fsp3) is 0.273. The van der Waals surface area contributed by atoms with Gasteiger partial charge in [0.05, 0.1) is 23.2 Å². The Bertz CT molecular complexity index is 901. The maximum atomic E-state index is 12.4. The second-order valence-electron chi connectivity index (χ2n) is 6.72. The molecule has 0 unspecified atom stereocenters. The number of fused-ring (bicyclic) bond motifs is 1. The molecule has 0 radical (unpaired) electrons. The van der Waals surface area contributed by atoms with Crippen LogP contribution in [0.3, 0.4) is 0 Å². The normalized spacial score (nSPS) is 12.7. The summed E-state index contributed by atoms with van der Waals surface area (Å²) >= 11 is 0. The molecule has 2 aromatic rings. The van der Waals surface area contributed by atoms with Crippen molar-refractivity contribution in [3.63, 3.8) is 0 Å². The fourth-order valence-corrected chi connectivity index (χ4v) is 2.98. The number of rotatable bonds is 8. The summed E-state index contributed by atoms with van der Waals surface area (Å²) in [6, 6.07) is 13.1. The molecule has 0 saturated carbocycles. The van der Waals surface area contributed by atoms with Crippen LogP contribution in [-0.4, -0.2) is 41.7 Å². The first-order chi connectivity index (χ1) is 14.0. The van der Waals surface area contributed by atoms with Gasteiger partial charge < -0.3 is 10.1 Å². The third-order valence-corrected chi connectivity index (χ3v) is 4.60. The van der Waals surface area contributed by atoms with Crippen molar-refractivity contribution in [2.45, 2.75) is 26.3 Å². The lowest BCUT2D eigenvalue weighted by Crippen LogP contribution is -2.29. The molecule has 7 nitrogen and oxygen atoms in total. The average Bonchev–Trinajstić information content (AvgIpc) is 2.98. The van der Waals surface area contributed by atoms with E-state index in [2.05, 4.69) is 5.32 Å². The minimum Gasteiger partial charge on any atom is -0.452 e. The van der Waals surface area contributed by atoms with E-state index in [0.29, 0.717) is 23.2 Å². The standard InChI is InChI=1S/C22H22N2O5/c1-2-3-12-23-19(25)14-29-22(28)16-10-8-15(9-11-16)13-24-20(26)17-6-4-5-7-18(17)21(24)27/h4-11H,2-3,12-14H2,1H3,(H,23,25). The van der Waals surface area contributed by atoms with Crippen LogP contribution in [0.5, 0.6) is 0 Å². The van der Waals surface area contributed by atoms with Gasteiger partial charge in [0.2, 0.25) is 0 Å². The number of unbranched alkanes of at least 4 members (excludes halogenated alkanes) is 1. The molecule has 1 aliphatic rings. The van der Waals surface area contributed by atoms with Gasteiger partial charge in [0.25, 0.3) is 17.7 Å². The molecule has 29 heavy (non-hydrogen) atoms. The molecule has 0 aliphatic carbocycles. The zero-order valence-electron chi connectivity index (χ0n) is 16.1. The van der Waals surface area contributed by atoms with Crippen molar-refractivity contribution in [2.75, 3.05) is 13.2 Å². The topological polar surface area (TPSA) is 92.8 Å². The molecule has 2 aromatic carbocycles. The quantitative estimate of drug-likeness (QED) is 0.422. The molecule has 0 fully saturated rings. The Morgan fingerprint density at radius 2 is 1.59 bits per heavy atom. The lowest BCUT2D eigenvalue weighted by atomic mass is 10.1. The third kappa shape index (κ3) is 4.68. The highest BCUT2D eigenvalue weighted by Crippen LogP contribution is 2.24. The summed E-state index contributed by atoms with van der Waals surface area (Å²) in [6.07, 6.45) is 1.83. The minimum absolute atomic E-state index is 0.113. The Morgan fingerprint density at radius 3 is 2.17 bits per heavy atom. The Hall–Kier alpha value is -3.48. The van der Waals surface area contributed by atoms with Crippen molar-refractivity contribution in [3.8, 4) is 0 Å². The van der Waals surface area contributed by atoms with E-state index in [1.807, 2.05) is 6.92 Å². The van der Waals surface area contributed by atoms with Crippen LogP contribution in [-0.2, 0) is 16.1 Å². The number of carbonyl (C=O) groups excluding carboxylic acids is 4. The molecular formula is C22H22N2O5. The van der Waals surface area contributed by atoms with Crippen LogP contribution in [0.4, 0.5) is 0 Å². The van der Waals surface area contributed by atoms with E-state index < -0.39 is 5.97 Å². The summed E-state index contributed by atoms with van der Waals surface area (Å²) in [6.45, 7) is 2.35. The molecule has 0 atom stereocenters. The van der Waals surface area contributed by atoms with Crippen molar-refractivity contribution in [3.05, 3.63) is 70.8 Å². The van der Waals surface area contributed by atoms with Crippen molar-refractivity contribution in [1.29, 1.82) is 0 Å². The number of carbonyl (C=O) groups is 4. The van der Waals surface area contributed by atoms with Gasteiger partial charge in [-0.25, -0.2) is 4.79 Å². The minimum atomic E-state index is -0.608. The van der Waals surface area contributed by atoms with Gasteiger partial charge in [-0.3, -0.25) is 19.3 Å². The monoisotopic (exact) mass is 394 g/mol. The number of amides is 3. The zero-order chi connectivity index (χ0) is 20.8. The Kier molecular flexibility index (Phi) is 6.39. The van der Waals surface area contributed by atoms with Gasteiger partial charge in [-0.05, 0) is 36.2 Å². The van der Waals surface area contributed by atoms with Crippen LogP contribution >= 0.6 is 0 Å². The summed E-state index contributed by atoms with van der Waals surface area (Å²) in [5.74, 6) is -1.61. The van der Waals surface area contributed by atoms with Crippen LogP contribution in [0, 0.1) is 0 Å². The molecule has 0 bridgehead atoms. The molecule has 1 heterocycles. The highest BCUT2D eigenvalue weighted by atomic mass is 16.5. The van der Waals surface area contributed by atoms with Crippen molar-refractivity contribution in [2.24, 2.45) is 0 Å². The number of esters is 1. The van der Waals surface area contributed by atoms with Gasteiger partial charge in [0.1, 0.15) is 0 Å². The molecule has 7 heteroatoms. The van der Waals surface area contributed by atoms with Crippen molar-refractivity contribution >= 4 is 23.7 Å². The van der Waals surface area contributed by atoms with Crippen LogP contribution < -0.4 is 5.32 Å². The number of benzene rings is 2. The van der Waals surface area contributed by atoms with E-state index in [9.17, 15) is 19.2 Å². The second kappa shape index (κ2) is 9.14. The first-order valence-electron chi connectivity index (χ1n) is 9.49. The summed E-state index contributed by atoms with van der Waals surface area (Å²) in [5, 5.41) is 2.67. The van der Waals surface area contributed by atoms with Gasteiger partial charge in [-0.15, -0.1) is 0 Å². The number of nitrogens with one attached hydrogen (secondary N) is 1. The molecule has 0 spiro atoms. The SMILES string of the molecule is CCCCNC(=O)COC(=O)c1ccc(CN2C(=O)c3ccccc3C2=O)cc1. The van der Waals surface area contributed by atoms with Crippen molar-refractivity contribution in [1.82, 2.24) is 10.2 Å². The highest BCUT2D eigenvalue weighted by molar-refractivity contribution is 6.21. The van der Waals surface area contributed by atoms with Gasteiger partial charge in [0.15, 0.2) is 6.61 Å². The fourth-order valence-electron chi connectivity index (χ4n) is 2.98. The van der Waals surface area contributed by atoms with E-state index in [4.69, 9.17) is 4.74 Å². The predicted octanol–water partition coefficient (Wildman–Crippen LogP) is 2.56. The Balaban J connectivity index is 1.55. The average molecular weight is 394 g/mol. The number of nitrogens with zero attached hydrogens (tertiary/aromatic N) is 1. The van der Waals surface area contributed by atoms with E-state index in [1.54, 1.807) is 48.5 Å². The molecule has 1 aliphatic heterocycles. The summed E-state index contributed by atoms with van der Waals surface area (Å²) < 4.78 is 5.00. The lowest BCUT2D eigenvalue weighted by Gasteiger charge is -2.14. The maximum Gasteiger partial charge on any atom is 0.338 e. The van der Waals surface area contributed by atoms with E-state index in [0.717, 1.165) is 12.8 Å². The molecule has 1 N–H and O–H groups in total. The molecule has 0 aromatic heterocycles. The van der Waals surface area contributed by atoms with E-state index in [-0.39, 0.29) is 36.4 Å². The van der Waals surface area contributed by atoms with Crippen molar-refractivity contribution < 1.29 is 23.9 Å². The molecule has 3 rings (SSSR count). The predicted molar refractivity (Wildman–Crippen MR) is 105 cm³/mol. The summed E-state index contributed by atoms with van der Waals surface area (Å²) in [7, 11) is 0. The van der Waals surface area contributed by atoms with Gasteiger partial charge in [-0.1, -0.05) is 37.6 Å². The highest BCUT2D eigenvalue weighted by Gasteiger charge is 2.34.